The van der Waals surface area contributed by atoms with Crippen LogP contribution in [0.1, 0.15) is 19.3 Å². The Labute approximate surface area is 209 Å². The number of anilines is 1. The quantitative estimate of drug-likeness (QED) is 0.323. The molecule has 3 heterocycles. The molecular weight excluding hydrogens is 517 g/mol. The first-order chi connectivity index (χ1) is 17.6. The second-order valence-electron chi connectivity index (χ2n) is 7.63. The zero-order chi connectivity index (χ0) is 26.7. The Hall–Kier alpha value is -4.21. The number of methoxy groups -OCH3 is 2. The first-order valence-corrected chi connectivity index (χ1v) is 12.2. The Morgan fingerprint density at radius 2 is 1.70 bits per heavy atom. The number of benzene rings is 1. The van der Waals surface area contributed by atoms with Gasteiger partial charge in [-0.05, 0) is 25.1 Å². The molecule has 0 fully saturated rings. The molecule has 0 radical (unpaired) electrons. The Balaban J connectivity index is 1.80. The van der Waals surface area contributed by atoms with Crippen molar-refractivity contribution in [2.75, 3.05) is 18.9 Å². The molecule has 0 spiro atoms. The molecule has 3 aromatic heterocycles. The molecular formula is C21H21F3N8O4S. The van der Waals surface area contributed by atoms with Gasteiger partial charge in [0, 0.05) is 12.6 Å². The molecule has 0 bridgehead atoms. The minimum absolute atomic E-state index is 0.0148. The van der Waals surface area contributed by atoms with Gasteiger partial charge in [0.25, 0.3) is 0 Å². The van der Waals surface area contributed by atoms with E-state index in [4.69, 9.17) is 9.47 Å². The molecule has 0 saturated carbocycles. The van der Waals surface area contributed by atoms with Crippen LogP contribution in [-0.2, 0) is 16.4 Å². The number of ether oxygens (including phenoxy) is 2. The van der Waals surface area contributed by atoms with Gasteiger partial charge >= 0.3 is 6.55 Å². The molecule has 37 heavy (non-hydrogen) atoms. The van der Waals surface area contributed by atoms with E-state index in [0.717, 1.165) is 18.6 Å². The van der Waals surface area contributed by atoms with Crippen molar-refractivity contribution in [2.24, 2.45) is 0 Å². The average molecular weight is 539 g/mol. The zero-order valence-electron chi connectivity index (χ0n) is 19.7. The highest BCUT2D eigenvalue weighted by Gasteiger charge is 2.29. The molecule has 0 unspecified atom stereocenters. The van der Waals surface area contributed by atoms with Crippen molar-refractivity contribution in [1.82, 2.24) is 34.5 Å². The second kappa shape index (κ2) is 10.4. The van der Waals surface area contributed by atoms with Gasteiger partial charge in [0.15, 0.2) is 11.6 Å². The summed E-state index contributed by atoms with van der Waals surface area (Å²) in [5, 5.41) is 10.7. The second-order valence-corrected chi connectivity index (χ2v) is 9.73. The van der Waals surface area contributed by atoms with Crippen LogP contribution in [0.4, 0.5) is 19.1 Å². The van der Waals surface area contributed by atoms with Crippen LogP contribution in [0.15, 0.2) is 42.9 Å². The number of alkyl halides is 2. The number of nitrogens with zero attached hydrogens (tertiary/aromatic N) is 7. The summed E-state index contributed by atoms with van der Waals surface area (Å²) in [6, 6.07) is 6.10. The molecule has 0 aliphatic heterocycles. The first kappa shape index (κ1) is 25.9. The Morgan fingerprint density at radius 1 is 1.05 bits per heavy atom. The Kier molecular flexibility index (Phi) is 7.28. The summed E-state index contributed by atoms with van der Waals surface area (Å²) in [6.07, 6.45) is 2.79. The van der Waals surface area contributed by atoms with Crippen molar-refractivity contribution >= 4 is 16.0 Å². The lowest BCUT2D eigenvalue weighted by Crippen LogP contribution is -2.29. The van der Waals surface area contributed by atoms with E-state index < -0.39 is 27.6 Å². The molecule has 12 nitrogen and oxygen atoms in total. The zero-order valence-corrected chi connectivity index (χ0v) is 20.5. The van der Waals surface area contributed by atoms with Crippen LogP contribution in [-0.4, -0.2) is 62.4 Å². The highest BCUT2D eigenvalue weighted by Crippen LogP contribution is 2.37. The van der Waals surface area contributed by atoms with E-state index >= 15 is 0 Å². The predicted molar refractivity (Wildman–Crippen MR) is 125 cm³/mol. The highest BCUT2D eigenvalue weighted by molar-refractivity contribution is 7.93. The topological polar surface area (TPSA) is 139 Å². The van der Waals surface area contributed by atoms with E-state index in [1.54, 1.807) is 18.2 Å². The summed E-state index contributed by atoms with van der Waals surface area (Å²) in [7, 11) is -1.36. The Morgan fingerprint density at radius 3 is 2.27 bits per heavy atom. The highest BCUT2D eigenvalue weighted by atomic mass is 32.2. The number of hydrogen-bond acceptors (Lipinski definition) is 9. The predicted octanol–water partition coefficient (Wildman–Crippen LogP) is 2.85. The van der Waals surface area contributed by atoms with Crippen molar-refractivity contribution in [3.63, 3.8) is 0 Å². The summed E-state index contributed by atoms with van der Waals surface area (Å²) in [5.41, 5.74) is 0.185. The normalized spacial score (nSPS) is 12.5. The lowest BCUT2D eigenvalue weighted by atomic mass is 10.2. The monoisotopic (exact) mass is 538 g/mol. The van der Waals surface area contributed by atoms with Crippen molar-refractivity contribution in [1.29, 1.82) is 0 Å². The third-order valence-electron chi connectivity index (χ3n) is 5.23. The molecule has 16 heteroatoms. The average Bonchev–Trinajstić information content (AvgIpc) is 3.52. The summed E-state index contributed by atoms with van der Waals surface area (Å²) >= 11 is 0. The van der Waals surface area contributed by atoms with E-state index in [1.807, 2.05) is 0 Å². The summed E-state index contributed by atoms with van der Waals surface area (Å²) in [6.45, 7) is -1.50. The van der Waals surface area contributed by atoms with Crippen LogP contribution < -0.4 is 14.2 Å². The molecule has 0 amide bonds. The third kappa shape index (κ3) is 5.32. The fourth-order valence-electron chi connectivity index (χ4n) is 3.39. The molecule has 0 saturated heterocycles. The molecule has 0 aliphatic carbocycles. The number of hydrogen-bond donors (Lipinski definition) is 1. The van der Waals surface area contributed by atoms with Crippen LogP contribution in [0.5, 0.6) is 11.5 Å². The van der Waals surface area contributed by atoms with Gasteiger partial charge in [-0.2, -0.15) is 13.9 Å². The number of rotatable bonds is 10. The van der Waals surface area contributed by atoms with Gasteiger partial charge in [0.1, 0.15) is 28.7 Å². The smallest absolute Gasteiger partial charge is 0.333 e. The van der Waals surface area contributed by atoms with Crippen LogP contribution in [0.25, 0.3) is 17.2 Å². The maximum atomic E-state index is 13.2. The number of halogens is 3. The standard InChI is InChI=1S/C21H21F3N8O4S/c1-12(9-17-25-10-13(22)11-26-17)37(33,34)30-21-28-27-19(14-7-8-31(29-14)20(23)24)32(21)18-15(35-2)5-4-6-16(18)36-3/h4-8,10-12,20H,9H2,1-3H3,(H,28,30)/t12-/m0/s1. The van der Waals surface area contributed by atoms with E-state index in [-0.39, 0.29) is 46.9 Å². The van der Waals surface area contributed by atoms with E-state index in [9.17, 15) is 21.6 Å². The van der Waals surface area contributed by atoms with Gasteiger partial charge in [-0.25, -0.2) is 27.5 Å². The van der Waals surface area contributed by atoms with E-state index in [0.29, 0.717) is 4.68 Å². The maximum Gasteiger partial charge on any atom is 0.333 e. The van der Waals surface area contributed by atoms with Crippen LogP contribution in [0.2, 0.25) is 0 Å². The van der Waals surface area contributed by atoms with Gasteiger partial charge < -0.3 is 9.47 Å². The number of para-hydroxylation sites is 1. The number of aromatic nitrogens is 7. The molecule has 4 rings (SSSR count). The van der Waals surface area contributed by atoms with Gasteiger partial charge in [-0.15, -0.1) is 10.2 Å². The number of sulfonamides is 1. The van der Waals surface area contributed by atoms with Crippen LogP contribution in [0.3, 0.4) is 0 Å². The molecule has 1 atom stereocenters. The molecule has 196 valence electrons. The lowest BCUT2D eigenvalue weighted by molar-refractivity contribution is 0.0568. The third-order valence-corrected chi connectivity index (χ3v) is 6.93. The van der Waals surface area contributed by atoms with Crippen molar-refractivity contribution < 1.29 is 31.1 Å². The van der Waals surface area contributed by atoms with E-state index in [2.05, 4.69) is 30.0 Å². The fourth-order valence-corrected chi connectivity index (χ4v) is 4.34. The first-order valence-electron chi connectivity index (χ1n) is 10.6. The lowest BCUT2D eigenvalue weighted by Gasteiger charge is -2.18. The summed E-state index contributed by atoms with van der Waals surface area (Å²) in [5.74, 6) is -0.377. The fraction of sp³-hybridized carbons (Fsp3) is 0.286. The van der Waals surface area contributed by atoms with Gasteiger partial charge in [0.05, 0.1) is 31.9 Å². The molecule has 1 aromatic carbocycles. The van der Waals surface area contributed by atoms with Crippen LogP contribution >= 0.6 is 0 Å². The minimum Gasteiger partial charge on any atom is -0.494 e. The molecule has 1 N–H and O–H groups in total. The van der Waals surface area contributed by atoms with Crippen molar-refractivity contribution in [3.05, 3.63) is 54.5 Å². The molecule has 4 aromatic rings. The van der Waals surface area contributed by atoms with Crippen molar-refractivity contribution in [3.8, 4) is 28.7 Å². The minimum atomic E-state index is -4.14. The van der Waals surface area contributed by atoms with Gasteiger partial charge in [-0.3, -0.25) is 9.29 Å². The van der Waals surface area contributed by atoms with Crippen molar-refractivity contribution in [2.45, 2.75) is 25.1 Å². The Bertz CT molecular complexity index is 1470. The largest absolute Gasteiger partial charge is 0.494 e. The number of nitrogens with one attached hydrogen (secondary N) is 1. The van der Waals surface area contributed by atoms with Gasteiger partial charge in [0.2, 0.25) is 16.0 Å². The van der Waals surface area contributed by atoms with E-state index in [1.165, 1.54) is 31.8 Å². The SMILES string of the molecule is COc1cccc(OC)c1-n1c(NS(=O)(=O)[C@@H](C)Cc2ncc(F)cn2)nnc1-c1ccn(C(F)F)n1. The summed E-state index contributed by atoms with van der Waals surface area (Å²) in [4.78, 5) is 7.59. The molecule has 0 aliphatic rings. The maximum absolute atomic E-state index is 13.2. The van der Waals surface area contributed by atoms with Gasteiger partial charge in [-0.1, -0.05) is 6.07 Å². The van der Waals surface area contributed by atoms with Crippen LogP contribution in [0, 0.1) is 5.82 Å². The summed E-state index contributed by atoms with van der Waals surface area (Å²) < 4.78 is 80.8.